The first-order chi connectivity index (χ1) is 15.2. The van der Waals surface area contributed by atoms with E-state index < -0.39 is 11.4 Å². The zero-order chi connectivity index (χ0) is 24.0. The van der Waals surface area contributed by atoms with Crippen molar-refractivity contribution in [1.82, 2.24) is 0 Å². The van der Waals surface area contributed by atoms with Gasteiger partial charge in [0.15, 0.2) is 5.78 Å². The lowest BCUT2D eigenvalue weighted by atomic mass is 9.34. The summed E-state index contributed by atoms with van der Waals surface area (Å²) in [5.41, 5.74) is 0.00137. The highest BCUT2D eigenvalue weighted by Crippen LogP contribution is 2.81. The summed E-state index contributed by atoms with van der Waals surface area (Å²) in [4.78, 5) is 26.9. The van der Waals surface area contributed by atoms with E-state index in [2.05, 4.69) is 41.5 Å². The number of hydrogen-bond donors (Lipinski definition) is 2. The van der Waals surface area contributed by atoms with Crippen molar-refractivity contribution in [2.24, 2.45) is 56.2 Å². The Morgan fingerprint density at radius 2 is 1.64 bits per heavy atom. The second-order valence-electron chi connectivity index (χ2n) is 14.7. The number of carboxylic acid groups (broad SMARTS) is 1. The van der Waals surface area contributed by atoms with E-state index in [4.69, 9.17) is 0 Å². The first-order valence-electron chi connectivity index (χ1n) is 13.4. The van der Waals surface area contributed by atoms with Crippen LogP contribution in [0.5, 0.6) is 0 Å². The highest BCUT2D eigenvalue weighted by molar-refractivity contribution is 5.96. The van der Waals surface area contributed by atoms with Crippen molar-refractivity contribution in [3.05, 3.63) is 11.6 Å². The number of aliphatic hydroxyl groups is 1. The summed E-state index contributed by atoms with van der Waals surface area (Å²) in [6.07, 6.45) is 8.96. The SMILES string of the molecule is CC1(C)[C@@H](O)CC[C@]2(C)[C@H]3C(=O)C=C4[C@@H]5C[C@@]6(C)CC[C@]5(C(=O)O)[C@H]6C[C@@]4(C)[C@]3(C)CC[C@@H]12. The summed E-state index contributed by atoms with van der Waals surface area (Å²) in [7, 11) is 0. The second-order valence-corrected chi connectivity index (χ2v) is 14.7. The summed E-state index contributed by atoms with van der Waals surface area (Å²) in [6, 6.07) is 0. The van der Waals surface area contributed by atoms with Gasteiger partial charge in [0.2, 0.25) is 0 Å². The summed E-state index contributed by atoms with van der Waals surface area (Å²) in [5.74, 6) is 0.114. The normalized spacial score (nSPS) is 58.2. The number of carbonyl (C=O) groups is 2. The largest absolute Gasteiger partial charge is 0.481 e. The molecule has 0 heterocycles. The highest BCUT2D eigenvalue weighted by atomic mass is 16.4. The summed E-state index contributed by atoms with van der Waals surface area (Å²) >= 11 is 0. The van der Waals surface area contributed by atoms with Crippen LogP contribution in [0.1, 0.15) is 92.9 Å². The number of ketones is 1. The van der Waals surface area contributed by atoms with Crippen molar-refractivity contribution < 1.29 is 19.8 Å². The molecule has 0 aromatic rings. The topological polar surface area (TPSA) is 74.6 Å². The van der Waals surface area contributed by atoms with Gasteiger partial charge in [0, 0.05) is 5.92 Å². The Hall–Kier alpha value is -1.16. The highest BCUT2D eigenvalue weighted by Gasteiger charge is 2.78. The third kappa shape index (κ3) is 2.17. The number of allylic oxidation sites excluding steroid dienone is 2. The average Bonchev–Trinajstić information content (AvgIpc) is 3.09. The zero-order valence-electron chi connectivity index (χ0n) is 21.3. The van der Waals surface area contributed by atoms with Gasteiger partial charge in [-0.3, -0.25) is 9.59 Å². The number of fused-ring (bicyclic) bond motifs is 6. The molecule has 10 atom stereocenters. The lowest BCUT2D eigenvalue weighted by Gasteiger charge is -2.69. The van der Waals surface area contributed by atoms with E-state index in [-0.39, 0.29) is 56.7 Å². The Bertz CT molecular complexity index is 996. The molecule has 0 unspecified atom stereocenters. The maximum atomic E-state index is 14.1. The van der Waals surface area contributed by atoms with Gasteiger partial charge in [0.25, 0.3) is 0 Å². The first kappa shape index (κ1) is 22.3. The van der Waals surface area contributed by atoms with E-state index in [9.17, 15) is 19.8 Å². The molecule has 0 saturated heterocycles. The molecule has 0 aliphatic heterocycles. The average molecular weight is 455 g/mol. The van der Waals surface area contributed by atoms with E-state index in [1.54, 1.807) is 0 Å². The van der Waals surface area contributed by atoms with Gasteiger partial charge < -0.3 is 10.2 Å². The molecule has 4 nitrogen and oxygen atoms in total. The van der Waals surface area contributed by atoms with Gasteiger partial charge in [-0.2, -0.15) is 0 Å². The lowest BCUT2D eigenvalue weighted by molar-refractivity contribution is -0.203. The summed E-state index contributed by atoms with van der Waals surface area (Å²) in [5, 5.41) is 21.3. The minimum atomic E-state index is -0.665. The molecule has 0 aromatic carbocycles. The van der Waals surface area contributed by atoms with E-state index >= 15 is 0 Å². The number of carbonyl (C=O) groups excluding carboxylic acids is 1. The Labute approximate surface area is 198 Å². The molecule has 182 valence electrons. The van der Waals surface area contributed by atoms with Crippen molar-refractivity contribution in [3.63, 3.8) is 0 Å². The molecular formula is C29H42O4. The van der Waals surface area contributed by atoms with Gasteiger partial charge in [-0.15, -0.1) is 0 Å². The fourth-order valence-corrected chi connectivity index (χ4v) is 11.6. The molecule has 6 aliphatic carbocycles. The van der Waals surface area contributed by atoms with Crippen LogP contribution in [0.3, 0.4) is 0 Å². The van der Waals surface area contributed by atoms with Gasteiger partial charge in [0.1, 0.15) is 0 Å². The molecular weight excluding hydrogens is 412 g/mol. The number of carboxylic acids is 1. The molecule has 0 spiro atoms. The molecule has 5 saturated carbocycles. The maximum absolute atomic E-state index is 14.1. The van der Waals surface area contributed by atoms with E-state index in [0.717, 1.165) is 51.4 Å². The van der Waals surface area contributed by atoms with E-state index in [1.165, 1.54) is 5.57 Å². The van der Waals surface area contributed by atoms with Crippen LogP contribution in [0.2, 0.25) is 0 Å². The molecule has 0 radical (unpaired) electrons. The Morgan fingerprint density at radius 3 is 2.30 bits per heavy atom. The van der Waals surface area contributed by atoms with Crippen LogP contribution in [0.15, 0.2) is 11.6 Å². The molecule has 6 aliphatic rings. The summed E-state index contributed by atoms with van der Waals surface area (Å²) in [6.45, 7) is 13.9. The second kappa shape index (κ2) is 5.97. The third-order valence-corrected chi connectivity index (χ3v) is 13.5. The van der Waals surface area contributed by atoms with E-state index in [1.807, 2.05) is 6.08 Å². The third-order valence-electron chi connectivity index (χ3n) is 13.5. The van der Waals surface area contributed by atoms with Crippen LogP contribution in [0.25, 0.3) is 0 Å². The fraction of sp³-hybridized carbons (Fsp3) is 0.862. The van der Waals surface area contributed by atoms with Crippen LogP contribution >= 0.6 is 0 Å². The minimum Gasteiger partial charge on any atom is -0.481 e. The van der Waals surface area contributed by atoms with Crippen LogP contribution in [-0.2, 0) is 9.59 Å². The first-order valence-corrected chi connectivity index (χ1v) is 13.4. The summed E-state index contributed by atoms with van der Waals surface area (Å²) < 4.78 is 0. The molecule has 4 heteroatoms. The molecule has 4 bridgehead atoms. The number of aliphatic carboxylic acids is 1. The maximum Gasteiger partial charge on any atom is 0.310 e. The van der Waals surface area contributed by atoms with Crippen LogP contribution in [0, 0.1) is 56.2 Å². The monoisotopic (exact) mass is 454 g/mol. The van der Waals surface area contributed by atoms with Crippen molar-refractivity contribution in [2.75, 3.05) is 0 Å². The van der Waals surface area contributed by atoms with Crippen LogP contribution in [-0.4, -0.2) is 28.1 Å². The van der Waals surface area contributed by atoms with E-state index in [0.29, 0.717) is 5.92 Å². The minimum absolute atomic E-state index is 0.00868. The molecule has 2 N–H and O–H groups in total. The van der Waals surface area contributed by atoms with Gasteiger partial charge in [-0.05, 0) is 102 Å². The quantitative estimate of drug-likeness (QED) is 0.538. The molecule has 6 rings (SSSR count). The van der Waals surface area contributed by atoms with Crippen molar-refractivity contribution in [3.8, 4) is 0 Å². The smallest absolute Gasteiger partial charge is 0.310 e. The molecule has 33 heavy (non-hydrogen) atoms. The van der Waals surface area contributed by atoms with Crippen molar-refractivity contribution in [1.29, 1.82) is 0 Å². The van der Waals surface area contributed by atoms with Gasteiger partial charge in [-0.1, -0.05) is 47.1 Å². The van der Waals surface area contributed by atoms with Crippen LogP contribution in [0.4, 0.5) is 0 Å². The predicted molar refractivity (Wildman–Crippen MR) is 126 cm³/mol. The number of rotatable bonds is 1. The van der Waals surface area contributed by atoms with Gasteiger partial charge in [-0.25, -0.2) is 0 Å². The van der Waals surface area contributed by atoms with Crippen molar-refractivity contribution >= 4 is 11.8 Å². The predicted octanol–water partition coefficient (Wildman–Crippen LogP) is 5.63. The van der Waals surface area contributed by atoms with Crippen molar-refractivity contribution in [2.45, 2.75) is 99.0 Å². The van der Waals surface area contributed by atoms with Crippen LogP contribution < -0.4 is 0 Å². The molecule has 0 aromatic heterocycles. The Morgan fingerprint density at radius 1 is 0.939 bits per heavy atom. The lowest BCUT2D eigenvalue weighted by Crippen LogP contribution is -2.66. The fourth-order valence-electron chi connectivity index (χ4n) is 11.6. The van der Waals surface area contributed by atoms with Gasteiger partial charge in [0.05, 0.1) is 11.5 Å². The standard InChI is InChI=1S/C29H42O4/c1-24(2)19-7-10-27(5)22(26(19,4)9-8-21(24)31)18(30)13-16-17-14-25(3)11-12-29(17,23(32)33)20(25)15-28(16,27)6/h13,17,19-22,31H,7-12,14-15H2,1-6H3,(H,32,33)/t17-,19-,20-,21-,22+,25+,26-,27+,28+,29+/m0/s1. The molecule has 5 fully saturated rings. The zero-order valence-corrected chi connectivity index (χ0v) is 21.3. The Kier molecular flexibility index (Phi) is 4.03. The van der Waals surface area contributed by atoms with Gasteiger partial charge >= 0.3 is 5.97 Å². The number of aliphatic hydroxyl groups excluding tert-OH is 1. The number of hydrogen-bond acceptors (Lipinski definition) is 3. The molecule has 0 amide bonds. The Balaban J connectivity index is 1.52.